The monoisotopic (exact) mass is 405 g/mol. The van der Waals surface area contributed by atoms with Crippen molar-refractivity contribution in [2.75, 3.05) is 18.4 Å². The minimum absolute atomic E-state index is 0.273. The largest absolute Gasteiger partial charge is 0.444 e. The zero-order chi connectivity index (χ0) is 21.3. The Hall–Kier alpha value is -3.35. The molecule has 30 heavy (non-hydrogen) atoms. The molecule has 0 radical (unpaired) electrons. The Morgan fingerprint density at radius 3 is 2.77 bits per heavy atom. The first-order valence-corrected chi connectivity index (χ1v) is 10.1. The fourth-order valence-electron chi connectivity index (χ4n) is 3.48. The van der Waals surface area contributed by atoms with E-state index in [1.54, 1.807) is 11.2 Å². The summed E-state index contributed by atoms with van der Waals surface area (Å²) in [6.07, 6.45) is 4.10. The molecule has 0 spiro atoms. The molecule has 4 rings (SSSR count). The Morgan fingerprint density at radius 1 is 1.23 bits per heavy atom. The summed E-state index contributed by atoms with van der Waals surface area (Å²) in [5, 5.41) is 4.32. The summed E-state index contributed by atoms with van der Waals surface area (Å²) < 4.78 is 5.47. The van der Waals surface area contributed by atoms with Gasteiger partial charge in [0, 0.05) is 24.5 Å². The van der Waals surface area contributed by atoms with Crippen LogP contribution in [-0.4, -0.2) is 44.6 Å². The number of aromatic amines is 1. The molecule has 0 bridgehead atoms. The van der Waals surface area contributed by atoms with Crippen LogP contribution >= 0.6 is 0 Å². The van der Waals surface area contributed by atoms with Crippen molar-refractivity contribution in [3.63, 3.8) is 0 Å². The quantitative estimate of drug-likeness (QED) is 0.638. The zero-order valence-corrected chi connectivity index (χ0v) is 17.8. The Balaban J connectivity index is 1.54. The standard InChI is InChI=1S/C23H27N5O2/c1-15-6-5-7-17(12-15)26-20-18-13-19(27-21(18)25-14-24-20)16-8-10-28(11-9-16)22(29)30-23(2,3)4/h5-8,12-14H,9-11H2,1-4H3,(H2,24,25,26,27). The van der Waals surface area contributed by atoms with E-state index in [0.717, 1.165) is 40.2 Å². The van der Waals surface area contributed by atoms with Crippen LogP contribution in [0, 0.1) is 6.92 Å². The van der Waals surface area contributed by atoms with E-state index in [2.05, 4.69) is 51.5 Å². The summed E-state index contributed by atoms with van der Waals surface area (Å²) in [5.74, 6) is 0.764. The number of fused-ring (bicyclic) bond motifs is 1. The first-order chi connectivity index (χ1) is 14.3. The molecule has 156 valence electrons. The van der Waals surface area contributed by atoms with Crippen LogP contribution in [0.5, 0.6) is 0 Å². The lowest BCUT2D eigenvalue weighted by Crippen LogP contribution is -2.39. The zero-order valence-electron chi connectivity index (χ0n) is 17.8. The van der Waals surface area contributed by atoms with E-state index in [0.29, 0.717) is 13.1 Å². The number of ether oxygens (including phenoxy) is 1. The maximum Gasteiger partial charge on any atom is 0.410 e. The molecule has 1 aromatic carbocycles. The first kappa shape index (κ1) is 19.9. The van der Waals surface area contributed by atoms with Crippen LogP contribution in [0.25, 0.3) is 16.6 Å². The number of hydrogen-bond acceptors (Lipinski definition) is 5. The highest BCUT2D eigenvalue weighted by atomic mass is 16.6. The van der Waals surface area contributed by atoms with Crippen LogP contribution in [0.4, 0.5) is 16.3 Å². The van der Waals surface area contributed by atoms with Crippen molar-refractivity contribution in [3.8, 4) is 0 Å². The van der Waals surface area contributed by atoms with Gasteiger partial charge in [0.2, 0.25) is 0 Å². The van der Waals surface area contributed by atoms with Gasteiger partial charge < -0.3 is 19.9 Å². The summed E-state index contributed by atoms with van der Waals surface area (Å²) in [7, 11) is 0. The van der Waals surface area contributed by atoms with Crippen molar-refractivity contribution in [1.82, 2.24) is 19.9 Å². The predicted molar refractivity (Wildman–Crippen MR) is 119 cm³/mol. The molecule has 7 nitrogen and oxygen atoms in total. The summed E-state index contributed by atoms with van der Waals surface area (Å²) in [6.45, 7) is 8.85. The van der Waals surface area contributed by atoms with E-state index in [1.165, 1.54) is 5.56 Å². The number of H-pyrrole nitrogens is 1. The molecule has 0 saturated heterocycles. The number of rotatable bonds is 3. The van der Waals surface area contributed by atoms with Crippen LogP contribution in [0.3, 0.4) is 0 Å². The summed E-state index contributed by atoms with van der Waals surface area (Å²) in [5.41, 5.74) is 4.63. The maximum absolute atomic E-state index is 12.3. The maximum atomic E-state index is 12.3. The molecule has 0 fully saturated rings. The number of benzene rings is 1. The van der Waals surface area contributed by atoms with Gasteiger partial charge in [-0.25, -0.2) is 14.8 Å². The van der Waals surface area contributed by atoms with Gasteiger partial charge >= 0.3 is 6.09 Å². The molecule has 3 heterocycles. The van der Waals surface area contributed by atoms with Crippen LogP contribution in [0.1, 0.15) is 38.4 Å². The van der Waals surface area contributed by atoms with Crippen molar-refractivity contribution in [3.05, 3.63) is 54.0 Å². The van der Waals surface area contributed by atoms with Gasteiger partial charge in [-0.05, 0) is 63.5 Å². The fourth-order valence-corrected chi connectivity index (χ4v) is 3.48. The average Bonchev–Trinajstić information content (AvgIpc) is 3.12. The van der Waals surface area contributed by atoms with E-state index in [-0.39, 0.29) is 6.09 Å². The molecular weight excluding hydrogens is 378 g/mol. The molecule has 0 atom stereocenters. The third-order valence-corrected chi connectivity index (χ3v) is 4.91. The minimum Gasteiger partial charge on any atom is -0.444 e. The number of amides is 1. The Kier molecular flexibility index (Phi) is 5.20. The van der Waals surface area contributed by atoms with Crippen LogP contribution in [-0.2, 0) is 4.74 Å². The molecule has 0 aliphatic carbocycles. The molecule has 0 unspecified atom stereocenters. The van der Waals surface area contributed by atoms with Crippen molar-refractivity contribution in [2.45, 2.75) is 39.7 Å². The number of carbonyl (C=O) groups is 1. The van der Waals surface area contributed by atoms with E-state index in [9.17, 15) is 4.79 Å². The summed E-state index contributed by atoms with van der Waals surface area (Å²) in [6, 6.07) is 10.2. The second-order valence-corrected chi connectivity index (χ2v) is 8.57. The number of aromatic nitrogens is 3. The van der Waals surface area contributed by atoms with Crippen molar-refractivity contribution in [2.24, 2.45) is 0 Å². The lowest BCUT2D eigenvalue weighted by molar-refractivity contribution is 0.0270. The van der Waals surface area contributed by atoms with Crippen molar-refractivity contribution in [1.29, 1.82) is 0 Å². The van der Waals surface area contributed by atoms with Gasteiger partial charge in [-0.15, -0.1) is 0 Å². The van der Waals surface area contributed by atoms with Gasteiger partial charge in [0.05, 0.1) is 5.39 Å². The molecule has 1 amide bonds. The molecule has 1 aliphatic rings. The van der Waals surface area contributed by atoms with Crippen molar-refractivity contribution < 1.29 is 9.53 Å². The summed E-state index contributed by atoms with van der Waals surface area (Å²) in [4.78, 5) is 26.2. The lowest BCUT2D eigenvalue weighted by Gasteiger charge is -2.29. The van der Waals surface area contributed by atoms with Crippen molar-refractivity contribution >= 4 is 34.2 Å². The Morgan fingerprint density at radius 2 is 2.07 bits per heavy atom. The number of nitrogens with one attached hydrogen (secondary N) is 2. The van der Waals surface area contributed by atoms with E-state index in [4.69, 9.17) is 4.74 Å². The van der Waals surface area contributed by atoms with Gasteiger partial charge in [-0.3, -0.25) is 0 Å². The Labute approximate surface area is 176 Å². The molecule has 1 aliphatic heterocycles. The van der Waals surface area contributed by atoms with Crippen LogP contribution in [0.15, 0.2) is 42.7 Å². The predicted octanol–water partition coefficient (Wildman–Crippen LogP) is 5.03. The summed E-state index contributed by atoms with van der Waals surface area (Å²) >= 11 is 0. The molecule has 0 saturated carbocycles. The third kappa shape index (κ3) is 4.45. The number of carbonyl (C=O) groups excluding carboxylic acids is 1. The third-order valence-electron chi connectivity index (χ3n) is 4.91. The fraction of sp³-hybridized carbons (Fsp3) is 0.348. The van der Waals surface area contributed by atoms with Gasteiger partial charge in [-0.2, -0.15) is 0 Å². The number of anilines is 2. The molecule has 2 aromatic heterocycles. The minimum atomic E-state index is -0.488. The van der Waals surface area contributed by atoms with Gasteiger partial charge in [0.15, 0.2) is 0 Å². The highest BCUT2D eigenvalue weighted by Gasteiger charge is 2.24. The second-order valence-electron chi connectivity index (χ2n) is 8.57. The van der Waals surface area contributed by atoms with Gasteiger partial charge in [0.1, 0.15) is 23.4 Å². The van der Waals surface area contributed by atoms with Crippen LogP contribution < -0.4 is 5.32 Å². The van der Waals surface area contributed by atoms with Crippen LogP contribution in [0.2, 0.25) is 0 Å². The Bertz CT molecular complexity index is 1110. The number of nitrogens with zero attached hydrogens (tertiary/aromatic N) is 3. The second kappa shape index (κ2) is 7.82. The highest BCUT2D eigenvalue weighted by molar-refractivity contribution is 5.92. The normalized spacial score (nSPS) is 14.5. The first-order valence-electron chi connectivity index (χ1n) is 10.1. The smallest absolute Gasteiger partial charge is 0.410 e. The SMILES string of the molecule is Cc1cccc(Nc2ncnc3[nH]c(C4=CCN(C(=O)OC(C)(C)C)CC4)cc23)c1. The molecule has 2 N–H and O–H groups in total. The molecular formula is C23H27N5O2. The van der Waals surface area contributed by atoms with Gasteiger partial charge in [0.25, 0.3) is 0 Å². The number of hydrogen-bond donors (Lipinski definition) is 2. The average molecular weight is 406 g/mol. The topological polar surface area (TPSA) is 83.1 Å². The van der Waals surface area contributed by atoms with E-state index >= 15 is 0 Å². The lowest BCUT2D eigenvalue weighted by atomic mass is 10.1. The van der Waals surface area contributed by atoms with Gasteiger partial charge in [-0.1, -0.05) is 18.2 Å². The van der Waals surface area contributed by atoms with E-state index < -0.39 is 5.60 Å². The molecule has 3 aromatic rings. The van der Waals surface area contributed by atoms with E-state index in [1.807, 2.05) is 32.9 Å². The molecule has 7 heteroatoms. The number of aryl methyl sites for hydroxylation is 1. The highest BCUT2D eigenvalue weighted by Crippen LogP contribution is 2.29.